The molecule has 2 aliphatic rings. The van der Waals surface area contributed by atoms with E-state index in [1.165, 1.54) is 18.5 Å². The third-order valence-corrected chi connectivity index (χ3v) is 6.54. The summed E-state index contributed by atoms with van der Waals surface area (Å²) in [6.07, 6.45) is 5.07. The monoisotopic (exact) mass is 510 g/mol. The van der Waals surface area contributed by atoms with Crippen LogP contribution in [0.2, 0.25) is 10.2 Å². The summed E-state index contributed by atoms with van der Waals surface area (Å²) in [5.74, 6) is 0.933. The summed E-state index contributed by atoms with van der Waals surface area (Å²) in [4.78, 5) is 18.5. The molecular formula is C22H17Cl2FN10. The number of imidazole rings is 1. The zero-order valence-corrected chi connectivity index (χ0v) is 19.5. The summed E-state index contributed by atoms with van der Waals surface area (Å²) in [7, 11) is 0. The number of aromatic amines is 1. The number of nitrogens with zero attached hydrogens (tertiary/aromatic N) is 8. The number of rotatable bonds is 4. The Hall–Kier alpha value is -3.83. The highest BCUT2D eigenvalue weighted by atomic mass is 35.5. The number of H-pyrrole nitrogens is 1. The quantitative estimate of drug-likeness (QED) is 0.396. The van der Waals surface area contributed by atoms with Crippen molar-refractivity contribution in [1.29, 1.82) is 0 Å². The van der Waals surface area contributed by atoms with Crippen molar-refractivity contribution in [2.45, 2.75) is 18.9 Å². The van der Waals surface area contributed by atoms with Crippen LogP contribution < -0.4 is 5.73 Å². The molecule has 0 unspecified atom stereocenters. The Bertz CT molecular complexity index is 1490. The fourth-order valence-electron chi connectivity index (χ4n) is 4.44. The van der Waals surface area contributed by atoms with Crippen molar-refractivity contribution >= 4 is 40.6 Å². The second-order valence-electron chi connectivity index (χ2n) is 8.10. The van der Waals surface area contributed by atoms with Gasteiger partial charge in [-0.05, 0) is 53.3 Å². The molecule has 0 bridgehead atoms. The van der Waals surface area contributed by atoms with Gasteiger partial charge in [-0.3, -0.25) is 0 Å². The molecule has 1 atom stereocenters. The zero-order chi connectivity index (χ0) is 24.1. The number of halogens is 3. The summed E-state index contributed by atoms with van der Waals surface area (Å²) < 4.78 is 16.0. The number of aliphatic imine (C=N–C) groups is 1. The number of fused-ring (bicyclic) bond motifs is 1. The van der Waals surface area contributed by atoms with Crippen LogP contribution in [0.3, 0.4) is 0 Å². The molecule has 2 aliphatic heterocycles. The lowest BCUT2D eigenvalue weighted by atomic mass is 10.1. The van der Waals surface area contributed by atoms with Gasteiger partial charge in [0, 0.05) is 23.6 Å². The van der Waals surface area contributed by atoms with E-state index in [1.807, 2.05) is 18.2 Å². The lowest BCUT2D eigenvalue weighted by Crippen LogP contribution is -2.31. The summed E-state index contributed by atoms with van der Waals surface area (Å²) in [5, 5.41) is 12.3. The summed E-state index contributed by atoms with van der Waals surface area (Å²) in [6, 6.07) is 8.45. The topological polar surface area (TPSA) is 127 Å². The molecule has 10 nitrogen and oxygen atoms in total. The standard InChI is InChI=1S/C22H17Cl2FN10/c23-11-1-3-15(35-10-27-32-33-35)13(9-11)14-7-8-34-16(4-6-18(34)28-14)22-30-19(20(24)31-22)12-2-5-17(26)29-21(12)25/h1-3,5,7,9-10,16H,4,6,8H2,(H2,26,29)(H,30,31)/t16-/m0/s1. The number of tetrazole rings is 1. The van der Waals surface area contributed by atoms with Crippen LogP contribution in [-0.4, -0.2) is 52.4 Å². The molecule has 5 heterocycles. The van der Waals surface area contributed by atoms with Crippen molar-refractivity contribution in [3.8, 4) is 16.9 Å². The summed E-state index contributed by atoms with van der Waals surface area (Å²) in [6.45, 7) is 0.603. The van der Waals surface area contributed by atoms with Gasteiger partial charge in [0.05, 0.1) is 23.0 Å². The van der Waals surface area contributed by atoms with Gasteiger partial charge >= 0.3 is 0 Å². The van der Waals surface area contributed by atoms with E-state index in [-0.39, 0.29) is 22.6 Å². The Labute approximate surface area is 208 Å². The third-order valence-electron chi connectivity index (χ3n) is 6.03. The molecular weight excluding hydrogens is 494 g/mol. The van der Waals surface area contributed by atoms with Crippen LogP contribution in [0.25, 0.3) is 22.6 Å². The number of hydrogen-bond acceptors (Lipinski definition) is 8. The largest absolute Gasteiger partial charge is 0.384 e. The van der Waals surface area contributed by atoms with Crippen molar-refractivity contribution < 1.29 is 4.39 Å². The predicted molar refractivity (Wildman–Crippen MR) is 129 cm³/mol. The van der Waals surface area contributed by atoms with E-state index >= 15 is 0 Å². The lowest BCUT2D eigenvalue weighted by molar-refractivity contribution is 0.359. The Morgan fingerprint density at radius 3 is 2.80 bits per heavy atom. The van der Waals surface area contributed by atoms with E-state index in [0.29, 0.717) is 23.1 Å². The Balaban J connectivity index is 1.30. The van der Waals surface area contributed by atoms with Gasteiger partial charge in [0.2, 0.25) is 5.95 Å². The second-order valence-corrected chi connectivity index (χ2v) is 8.91. The van der Waals surface area contributed by atoms with Gasteiger partial charge in [0.15, 0.2) is 0 Å². The molecule has 1 saturated heterocycles. The number of anilines is 1. The molecule has 0 radical (unpaired) electrons. The maximum atomic E-state index is 14.4. The van der Waals surface area contributed by atoms with Gasteiger partial charge in [-0.25, -0.2) is 15.0 Å². The van der Waals surface area contributed by atoms with Crippen molar-refractivity contribution in [3.05, 3.63) is 70.2 Å². The normalized spacial score (nSPS) is 17.3. The van der Waals surface area contributed by atoms with Crippen LogP contribution >= 0.6 is 23.2 Å². The molecule has 0 amide bonds. The number of benzene rings is 1. The number of nitrogens with one attached hydrogen (secondary N) is 1. The molecule has 0 aliphatic carbocycles. The van der Waals surface area contributed by atoms with Gasteiger partial charge in [0.25, 0.3) is 0 Å². The van der Waals surface area contributed by atoms with Crippen molar-refractivity contribution in [2.24, 2.45) is 4.99 Å². The Kier molecular flexibility index (Phi) is 5.23. The number of aromatic nitrogens is 7. The minimum Gasteiger partial charge on any atom is -0.384 e. The van der Waals surface area contributed by atoms with Crippen LogP contribution in [0, 0.1) is 5.95 Å². The van der Waals surface area contributed by atoms with Crippen LogP contribution in [0.15, 0.2) is 47.7 Å². The van der Waals surface area contributed by atoms with E-state index in [0.717, 1.165) is 35.6 Å². The third kappa shape index (κ3) is 3.82. The fraction of sp³-hybridized carbons (Fsp3) is 0.182. The highest BCUT2D eigenvalue weighted by Gasteiger charge is 2.35. The first-order valence-electron chi connectivity index (χ1n) is 10.7. The van der Waals surface area contributed by atoms with E-state index < -0.39 is 5.95 Å². The van der Waals surface area contributed by atoms with E-state index in [2.05, 4.69) is 35.4 Å². The average Bonchev–Trinajstić information content (AvgIpc) is 3.59. The van der Waals surface area contributed by atoms with Crippen molar-refractivity contribution in [1.82, 2.24) is 40.1 Å². The molecule has 13 heteroatoms. The molecule has 1 aromatic carbocycles. The predicted octanol–water partition coefficient (Wildman–Crippen LogP) is 4.07. The first-order chi connectivity index (χ1) is 17.0. The summed E-state index contributed by atoms with van der Waals surface area (Å²) in [5.41, 5.74) is 8.45. The number of nitrogens with two attached hydrogens (primary N) is 1. The molecule has 1 fully saturated rings. The zero-order valence-electron chi connectivity index (χ0n) is 18.0. The number of pyridine rings is 1. The molecule has 0 saturated carbocycles. The molecule has 0 spiro atoms. The van der Waals surface area contributed by atoms with Crippen LogP contribution in [0.1, 0.15) is 30.3 Å². The van der Waals surface area contributed by atoms with Crippen molar-refractivity contribution in [3.63, 3.8) is 0 Å². The minimum absolute atomic E-state index is 0.0825. The highest BCUT2D eigenvalue weighted by Crippen LogP contribution is 2.39. The highest BCUT2D eigenvalue weighted by molar-refractivity contribution is 6.32. The van der Waals surface area contributed by atoms with Crippen LogP contribution in [0.4, 0.5) is 10.2 Å². The molecule has 3 N–H and O–H groups in total. The van der Waals surface area contributed by atoms with Crippen LogP contribution in [-0.2, 0) is 0 Å². The van der Waals surface area contributed by atoms with Gasteiger partial charge in [-0.15, -0.1) is 5.10 Å². The number of amidine groups is 1. The minimum atomic E-state index is -0.718. The van der Waals surface area contributed by atoms with Gasteiger partial charge in [-0.2, -0.15) is 9.07 Å². The maximum absolute atomic E-state index is 14.4. The molecule has 4 aromatic rings. The maximum Gasteiger partial charge on any atom is 0.224 e. The second kappa shape index (κ2) is 8.43. The molecule has 3 aromatic heterocycles. The van der Waals surface area contributed by atoms with Gasteiger partial charge < -0.3 is 15.6 Å². The summed E-state index contributed by atoms with van der Waals surface area (Å²) >= 11 is 12.7. The number of nitrogen functional groups attached to an aromatic ring is 1. The first-order valence-corrected chi connectivity index (χ1v) is 11.5. The molecule has 35 heavy (non-hydrogen) atoms. The molecule has 176 valence electrons. The van der Waals surface area contributed by atoms with Crippen molar-refractivity contribution in [2.75, 3.05) is 12.3 Å². The molecule has 6 rings (SSSR count). The number of hydrogen-bond donors (Lipinski definition) is 2. The fourth-order valence-corrected chi connectivity index (χ4v) is 4.85. The van der Waals surface area contributed by atoms with Gasteiger partial charge in [0.1, 0.15) is 34.7 Å². The Morgan fingerprint density at radius 1 is 1.11 bits per heavy atom. The lowest BCUT2D eigenvalue weighted by Gasteiger charge is -2.28. The van der Waals surface area contributed by atoms with E-state index in [1.54, 1.807) is 10.7 Å². The van der Waals surface area contributed by atoms with E-state index in [9.17, 15) is 4.39 Å². The van der Waals surface area contributed by atoms with E-state index in [4.69, 9.17) is 33.9 Å². The van der Waals surface area contributed by atoms with Crippen LogP contribution in [0.5, 0.6) is 0 Å². The van der Waals surface area contributed by atoms with Gasteiger partial charge in [-0.1, -0.05) is 23.2 Å². The first kappa shape index (κ1) is 21.7. The smallest absolute Gasteiger partial charge is 0.224 e. The SMILES string of the molecule is Nc1ccc(-c2nc([C@@H]3CCC4=NC(c5cc(Cl)ccc5-n5cnnn5)=CCN43)[nH]c2Cl)c(F)n1. The average molecular weight is 511 g/mol. The Morgan fingerprint density at radius 2 is 2.00 bits per heavy atom.